The van der Waals surface area contributed by atoms with Crippen molar-refractivity contribution in [2.24, 2.45) is 0 Å². The van der Waals surface area contributed by atoms with E-state index in [1.165, 1.54) is 22.3 Å². The second kappa shape index (κ2) is 6.95. The molecule has 1 aliphatic heterocycles. The van der Waals surface area contributed by atoms with Gasteiger partial charge in [-0.3, -0.25) is 0 Å². The van der Waals surface area contributed by atoms with Gasteiger partial charge in [0, 0.05) is 13.7 Å². The van der Waals surface area contributed by atoms with E-state index in [9.17, 15) is 4.21 Å². The van der Waals surface area contributed by atoms with Crippen molar-refractivity contribution in [3.05, 3.63) is 64.7 Å². The molecule has 0 fully saturated rings. The summed E-state index contributed by atoms with van der Waals surface area (Å²) in [5.41, 5.74) is 5.12. The Hall–Kier alpha value is -1.49. The highest BCUT2D eigenvalue weighted by molar-refractivity contribution is 7.82. The van der Waals surface area contributed by atoms with Crippen LogP contribution in [0.15, 0.2) is 47.4 Å². The Morgan fingerprint density at radius 1 is 1.17 bits per heavy atom. The van der Waals surface area contributed by atoms with Crippen LogP contribution in [0, 0.1) is 13.8 Å². The summed E-state index contributed by atoms with van der Waals surface area (Å²) in [6, 6.07) is 14.4. The fraction of sp³-hybridized carbons (Fsp3) is 0.368. The SMILES string of the molecule is COC[C@H]1c2cccc(C)c2CCN1[S@](=O)c1ccc(C)cc1. The first-order chi connectivity index (χ1) is 11.1. The lowest BCUT2D eigenvalue weighted by atomic mass is 9.91. The van der Waals surface area contributed by atoms with Gasteiger partial charge in [-0.05, 0) is 49.1 Å². The molecule has 4 heteroatoms. The van der Waals surface area contributed by atoms with E-state index in [1.54, 1.807) is 7.11 Å². The molecule has 0 amide bonds. The molecule has 0 bridgehead atoms. The topological polar surface area (TPSA) is 29.5 Å². The van der Waals surface area contributed by atoms with Crippen molar-refractivity contribution in [3.8, 4) is 0 Å². The van der Waals surface area contributed by atoms with Crippen LogP contribution in [0.25, 0.3) is 0 Å². The lowest BCUT2D eigenvalue weighted by molar-refractivity contribution is 0.131. The Kier molecular flexibility index (Phi) is 4.95. The maximum Gasteiger partial charge on any atom is 0.128 e. The molecule has 0 aliphatic carbocycles. The average molecular weight is 329 g/mol. The predicted molar refractivity (Wildman–Crippen MR) is 93.8 cm³/mol. The van der Waals surface area contributed by atoms with Gasteiger partial charge in [-0.1, -0.05) is 35.9 Å². The Morgan fingerprint density at radius 2 is 1.91 bits per heavy atom. The summed E-state index contributed by atoms with van der Waals surface area (Å²) in [5.74, 6) is 0. The Bertz CT molecular complexity index is 712. The summed E-state index contributed by atoms with van der Waals surface area (Å²) in [4.78, 5) is 0.854. The minimum absolute atomic E-state index is 0.0331. The number of hydrogen-bond donors (Lipinski definition) is 0. The zero-order valence-electron chi connectivity index (χ0n) is 13.9. The third-order valence-corrected chi connectivity index (χ3v) is 6.03. The van der Waals surface area contributed by atoms with E-state index in [2.05, 4.69) is 29.4 Å². The van der Waals surface area contributed by atoms with Crippen LogP contribution < -0.4 is 0 Å². The number of fused-ring (bicyclic) bond motifs is 1. The first-order valence-corrected chi connectivity index (χ1v) is 9.05. The number of aryl methyl sites for hydroxylation is 2. The molecule has 2 aromatic carbocycles. The van der Waals surface area contributed by atoms with Gasteiger partial charge < -0.3 is 4.74 Å². The van der Waals surface area contributed by atoms with Gasteiger partial charge in [-0.2, -0.15) is 0 Å². The molecule has 122 valence electrons. The molecule has 0 radical (unpaired) electrons. The Morgan fingerprint density at radius 3 is 2.61 bits per heavy atom. The number of benzene rings is 2. The van der Waals surface area contributed by atoms with Crippen molar-refractivity contribution in [1.82, 2.24) is 4.31 Å². The van der Waals surface area contributed by atoms with Crippen LogP contribution >= 0.6 is 0 Å². The fourth-order valence-corrected chi connectivity index (χ4v) is 4.53. The van der Waals surface area contributed by atoms with Gasteiger partial charge >= 0.3 is 0 Å². The maximum absolute atomic E-state index is 13.1. The zero-order chi connectivity index (χ0) is 16.4. The van der Waals surface area contributed by atoms with Crippen molar-refractivity contribution in [3.63, 3.8) is 0 Å². The van der Waals surface area contributed by atoms with E-state index in [-0.39, 0.29) is 6.04 Å². The number of methoxy groups -OCH3 is 1. The van der Waals surface area contributed by atoms with E-state index in [0.717, 1.165) is 17.9 Å². The van der Waals surface area contributed by atoms with Gasteiger partial charge in [-0.15, -0.1) is 0 Å². The van der Waals surface area contributed by atoms with E-state index in [0.29, 0.717) is 6.61 Å². The first kappa shape index (κ1) is 16.4. The molecular formula is C19H23NO2S. The van der Waals surface area contributed by atoms with Crippen molar-refractivity contribution >= 4 is 11.0 Å². The molecule has 1 aliphatic rings. The standard InChI is InChI=1S/C19H23NO2S/c1-14-7-9-16(10-8-14)23(21)20-12-11-17-15(2)5-4-6-18(17)19(20)13-22-3/h4-10,19H,11-13H2,1-3H3/t19-,23+/m0/s1. The molecule has 2 aromatic rings. The second-order valence-corrected chi connectivity index (χ2v) is 7.51. The monoisotopic (exact) mass is 329 g/mol. The van der Waals surface area contributed by atoms with E-state index in [1.807, 2.05) is 31.2 Å². The van der Waals surface area contributed by atoms with Crippen LogP contribution in [-0.4, -0.2) is 28.8 Å². The van der Waals surface area contributed by atoms with Crippen molar-refractivity contribution in [1.29, 1.82) is 0 Å². The lowest BCUT2D eigenvalue weighted by Gasteiger charge is -2.36. The largest absolute Gasteiger partial charge is 0.383 e. The summed E-state index contributed by atoms with van der Waals surface area (Å²) >= 11 is 0. The van der Waals surface area contributed by atoms with Gasteiger partial charge in [0.1, 0.15) is 11.0 Å². The van der Waals surface area contributed by atoms with E-state index < -0.39 is 11.0 Å². The first-order valence-electron chi connectivity index (χ1n) is 7.94. The number of rotatable bonds is 4. The van der Waals surface area contributed by atoms with Gasteiger partial charge in [-0.25, -0.2) is 8.51 Å². The van der Waals surface area contributed by atoms with Gasteiger partial charge in [0.2, 0.25) is 0 Å². The number of nitrogens with zero attached hydrogens (tertiary/aromatic N) is 1. The van der Waals surface area contributed by atoms with E-state index in [4.69, 9.17) is 4.74 Å². The van der Waals surface area contributed by atoms with Gasteiger partial charge in [0.25, 0.3) is 0 Å². The highest BCUT2D eigenvalue weighted by Crippen LogP contribution is 2.34. The minimum Gasteiger partial charge on any atom is -0.383 e. The molecule has 2 atom stereocenters. The number of ether oxygens (including phenoxy) is 1. The summed E-state index contributed by atoms with van der Waals surface area (Å²) in [6.45, 7) is 5.52. The highest BCUT2D eigenvalue weighted by Gasteiger charge is 2.32. The molecule has 3 nitrogen and oxygen atoms in total. The van der Waals surface area contributed by atoms with Crippen molar-refractivity contribution in [2.45, 2.75) is 31.2 Å². The van der Waals surface area contributed by atoms with Crippen LogP contribution in [0.3, 0.4) is 0 Å². The van der Waals surface area contributed by atoms with Gasteiger partial charge in [0.15, 0.2) is 0 Å². The Labute approximate surface area is 140 Å². The summed E-state index contributed by atoms with van der Waals surface area (Å²) < 4.78 is 20.6. The molecular weight excluding hydrogens is 306 g/mol. The lowest BCUT2D eigenvalue weighted by Crippen LogP contribution is -2.39. The minimum atomic E-state index is -1.17. The molecule has 0 aromatic heterocycles. The highest BCUT2D eigenvalue weighted by atomic mass is 32.2. The van der Waals surface area contributed by atoms with Crippen LogP contribution in [0.1, 0.15) is 28.3 Å². The maximum atomic E-state index is 13.1. The number of hydrogen-bond acceptors (Lipinski definition) is 2. The van der Waals surface area contributed by atoms with Crippen molar-refractivity contribution in [2.75, 3.05) is 20.3 Å². The molecule has 23 heavy (non-hydrogen) atoms. The molecule has 3 rings (SSSR count). The van der Waals surface area contributed by atoms with E-state index >= 15 is 0 Å². The van der Waals surface area contributed by atoms with Gasteiger partial charge in [0.05, 0.1) is 17.5 Å². The van der Waals surface area contributed by atoms with Crippen molar-refractivity contribution < 1.29 is 8.95 Å². The van der Waals surface area contributed by atoms with Crippen LogP contribution in [0.4, 0.5) is 0 Å². The third-order valence-electron chi connectivity index (χ3n) is 4.50. The molecule has 0 spiro atoms. The summed E-state index contributed by atoms with van der Waals surface area (Å²) in [6.07, 6.45) is 0.930. The molecule has 0 saturated carbocycles. The van der Waals surface area contributed by atoms with Crippen LogP contribution in [-0.2, 0) is 22.1 Å². The van der Waals surface area contributed by atoms with Crippen LogP contribution in [0.5, 0.6) is 0 Å². The fourth-order valence-electron chi connectivity index (χ4n) is 3.23. The van der Waals surface area contributed by atoms with Crippen LogP contribution in [0.2, 0.25) is 0 Å². The molecule has 0 N–H and O–H groups in total. The Balaban J connectivity index is 1.95. The average Bonchev–Trinajstić information content (AvgIpc) is 2.56. The smallest absolute Gasteiger partial charge is 0.128 e. The molecule has 0 saturated heterocycles. The molecule has 0 unspecified atom stereocenters. The predicted octanol–water partition coefficient (Wildman–Crippen LogP) is 3.57. The normalized spacial score (nSPS) is 19.3. The molecule has 1 heterocycles. The third kappa shape index (κ3) is 3.25. The summed E-state index contributed by atoms with van der Waals surface area (Å²) in [5, 5.41) is 0. The quantitative estimate of drug-likeness (QED) is 0.858. The summed E-state index contributed by atoms with van der Waals surface area (Å²) in [7, 11) is 0.535. The second-order valence-electron chi connectivity index (χ2n) is 6.07. The zero-order valence-corrected chi connectivity index (χ0v) is 14.7.